The Labute approximate surface area is 177 Å². The summed E-state index contributed by atoms with van der Waals surface area (Å²) in [7, 11) is -3.69. The van der Waals surface area contributed by atoms with Crippen LogP contribution in [0.3, 0.4) is 0 Å². The van der Waals surface area contributed by atoms with Crippen LogP contribution in [0.15, 0.2) is 29.6 Å². The zero-order chi connectivity index (χ0) is 20.9. The van der Waals surface area contributed by atoms with Gasteiger partial charge in [0.2, 0.25) is 15.7 Å². The van der Waals surface area contributed by atoms with Crippen molar-refractivity contribution in [3.63, 3.8) is 0 Å². The van der Waals surface area contributed by atoms with Gasteiger partial charge < -0.3 is 5.32 Å². The summed E-state index contributed by atoms with van der Waals surface area (Å²) in [4.78, 5) is 13.4. The fourth-order valence-electron chi connectivity index (χ4n) is 4.83. The number of nitrogens with zero attached hydrogens (tertiary/aromatic N) is 1. The SMILES string of the molecule is CCCCC1(N2CCC(c3csc4ccccc34)CC2)NC(=O)C(C)(C)S1(=O)=O. The van der Waals surface area contributed by atoms with Crippen molar-refractivity contribution in [2.24, 2.45) is 0 Å². The first-order valence-corrected chi connectivity index (χ1v) is 12.9. The molecule has 1 amide bonds. The van der Waals surface area contributed by atoms with Crippen LogP contribution in [0.4, 0.5) is 0 Å². The lowest BCUT2D eigenvalue weighted by molar-refractivity contribution is -0.124. The molecule has 3 heterocycles. The summed E-state index contributed by atoms with van der Waals surface area (Å²) in [5.74, 6) is 0.0537. The van der Waals surface area contributed by atoms with Crippen molar-refractivity contribution in [2.45, 2.75) is 68.5 Å². The molecular formula is C22H30N2O3S2. The first kappa shape index (κ1) is 20.8. The van der Waals surface area contributed by atoms with Gasteiger partial charge in [-0.15, -0.1) is 11.3 Å². The van der Waals surface area contributed by atoms with Gasteiger partial charge >= 0.3 is 0 Å². The Bertz CT molecular complexity index is 1020. The van der Waals surface area contributed by atoms with Crippen molar-refractivity contribution >= 4 is 37.2 Å². The van der Waals surface area contributed by atoms with Gasteiger partial charge in [-0.3, -0.25) is 9.69 Å². The summed E-state index contributed by atoms with van der Waals surface area (Å²) >= 11 is 1.78. The van der Waals surface area contributed by atoms with E-state index in [1.165, 1.54) is 29.5 Å². The first-order chi connectivity index (χ1) is 13.7. The van der Waals surface area contributed by atoms with Crippen molar-refractivity contribution in [1.82, 2.24) is 10.2 Å². The molecule has 7 heteroatoms. The van der Waals surface area contributed by atoms with E-state index in [9.17, 15) is 13.2 Å². The monoisotopic (exact) mass is 434 g/mol. The van der Waals surface area contributed by atoms with Crippen LogP contribution in [0.2, 0.25) is 0 Å². The van der Waals surface area contributed by atoms with E-state index in [-0.39, 0.29) is 5.91 Å². The van der Waals surface area contributed by atoms with Crippen molar-refractivity contribution in [3.8, 4) is 0 Å². The van der Waals surface area contributed by atoms with Gasteiger partial charge in [0, 0.05) is 17.8 Å². The van der Waals surface area contributed by atoms with Crippen molar-refractivity contribution in [3.05, 3.63) is 35.2 Å². The molecule has 0 saturated carbocycles. The highest BCUT2D eigenvalue weighted by molar-refractivity contribution is 7.95. The number of nitrogens with one attached hydrogen (secondary N) is 1. The number of rotatable bonds is 5. The van der Waals surface area contributed by atoms with Gasteiger partial charge in [0.05, 0.1) is 0 Å². The first-order valence-electron chi connectivity index (χ1n) is 10.5. The third-order valence-electron chi connectivity index (χ3n) is 6.80. The molecule has 4 rings (SSSR count). The third-order valence-corrected chi connectivity index (χ3v) is 10.8. The molecule has 0 spiro atoms. The number of carbonyl (C=O) groups excluding carboxylic acids is 1. The van der Waals surface area contributed by atoms with E-state index < -0.39 is 19.6 Å². The van der Waals surface area contributed by atoms with Crippen LogP contribution in [0.25, 0.3) is 10.1 Å². The number of sulfone groups is 1. The standard InChI is InChI=1S/C22H30N2O3S2/c1-4-5-12-22(23-20(25)21(2,3)29(22,26)27)24-13-10-16(11-14-24)18-15-28-19-9-7-6-8-17(18)19/h6-9,15-16H,4-5,10-14H2,1-3H3,(H,23,25). The predicted molar refractivity (Wildman–Crippen MR) is 119 cm³/mol. The zero-order valence-corrected chi connectivity index (χ0v) is 19.0. The molecule has 158 valence electrons. The molecule has 1 aromatic carbocycles. The minimum Gasteiger partial charge on any atom is -0.324 e. The second-order valence-electron chi connectivity index (χ2n) is 8.80. The number of piperidine rings is 1. The highest BCUT2D eigenvalue weighted by atomic mass is 32.2. The Balaban J connectivity index is 1.60. The fraction of sp³-hybridized carbons (Fsp3) is 0.591. The summed E-state index contributed by atoms with van der Waals surface area (Å²) < 4.78 is 26.9. The smallest absolute Gasteiger partial charge is 0.243 e. The second-order valence-corrected chi connectivity index (χ2v) is 12.4. The number of amides is 1. The molecule has 0 bridgehead atoms. The number of fused-ring (bicyclic) bond motifs is 1. The maximum atomic E-state index is 13.5. The number of thiophene rings is 1. The average Bonchev–Trinajstić information content (AvgIpc) is 3.19. The van der Waals surface area contributed by atoms with E-state index in [1.807, 2.05) is 4.90 Å². The van der Waals surface area contributed by atoms with E-state index in [1.54, 1.807) is 11.3 Å². The normalized spacial score (nSPS) is 27.3. The van der Waals surface area contributed by atoms with Crippen LogP contribution in [0.5, 0.6) is 0 Å². The summed E-state index contributed by atoms with van der Waals surface area (Å²) in [6.07, 6.45) is 3.92. The molecular weight excluding hydrogens is 404 g/mol. The number of benzene rings is 1. The van der Waals surface area contributed by atoms with Crippen LogP contribution < -0.4 is 5.32 Å². The molecule has 2 fully saturated rings. The van der Waals surface area contributed by atoms with E-state index in [4.69, 9.17) is 0 Å². The summed E-state index contributed by atoms with van der Waals surface area (Å²) in [6, 6.07) is 8.48. The predicted octanol–water partition coefficient (Wildman–Crippen LogP) is 4.25. The lowest BCUT2D eigenvalue weighted by Gasteiger charge is -2.44. The molecule has 2 aliphatic heterocycles. The van der Waals surface area contributed by atoms with Gasteiger partial charge in [0.1, 0.15) is 4.75 Å². The second kappa shape index (κ2) is 7.36. The van der Waals surface area contributed by atoms with Gasteiger partial charge in [0.15, 0.2) is 4.99 Å². The van der Waals surface area contributed by atoms with E-state index >= 15 is 0 Å². The topological polar surface area (TPSA) is 66.5 Å². The van der Waals surface area contributed by atoms with Crippen molar-refractivity contribution in [2.75, 3.05) is 13.1 Å². The van der Waals surface area contributed by atoms with E-state index in [0.717, 1.165) is 25.7 Å². The molecule has 0 radical (unpaired) electrons. The molecule has 2 saturated heterocycles. The number of hydrogen-bond acceptors (Lipinski definition) is 5. The molecule has 29 heavy (non-hydrogen) atoms. The number of hydrogen-bond donors (Lipinski definition) is 1. The zero-order valence-electron chi connectivity index (χ0n) is 17.4. The highest BCUT2D eigenvalue weighted by Gasteiger charge is 2.65. The molecule has 0 aliphatic carbocycles. The van der Waals surface area contributed by atoms with Gasteiger partial charge in [0.25, 0.3) is 0 Å². The molecule has 1 aromatic heterocycles. The lowest BCUT2D eigenvalue weighted by atomic mass is 9.89. The van der Waals surface area contributed by atoms with Crippen LogP contribution in [-0.2, 0) is 14.6 Å². The maximum Gasteiger partial charge on any atom is 0.243 e. The third kappa shape index (κ3) is 3.04. The summed E-state index contributed by atoms with van der Waals surface area (Å²) in [5.41, 5.74) is 1.38. The summed E-state index contributed by atoms with van der Waals surface area (Å²) in [6.45, 7) is 6.48. The van der Waals surface area contributed by atoms with E-state index in [0.29, 0.717) is 25.4 Å². The Kier molecular flexibility index (Phi) is 5.28. The number of likely N-dealkylation sites (tertiary alicyclic amines) is 1. The highest BCUT2D eigenvalue weighted by Crippen LogP contribution is 2.44. The number of unbranched alkanes of at least 4 members (excludes halogenated alkanes) is 1. The maximum absolute atomic E-state index is 13.5. The van der Waals surface area contributed by atoms with Crippen LogP contribution in [0.1, 0.15) is 64.4 Å². The Hall–Kier alpha value is -1.44. The summed E-state index contributed by atoms with van der Waals surface area (Å²) in [5, 5.41) is 6.51. The van der Waals surface area contributed by atoms with Crippen molar-refractivity contribution in [1.29, 1.82) is 0 Å². The van der Waals surface area contributed by atoms with Crippen molar-refractivity contribution < 1.29 is 13.2 Å². The fourth-order valence-corrected chi connectivity index (χ4v) is 8.17. The van der Waals surface area contributed by atoms with Gasteiger partial charge in [-0.05, 0) is 67.8 Å². The molecule has 1 unspecified atom stereocenters. The Morgan fingerprint density at radius 3 is 2.52 bits per heavy atom. The average molecular weight is 435 g/mol. The molecule has 2 aliphatic rings. The quantitative estimate of drug-likeness (QED) is 0.764. The van der Waals surface area contributed by atoms with Gasteiger partial charge in [-0.2, -0.15) is 0 Å². The van der Waals surface area contributed by atoms with Crippen LogP contribution in [-0.4, -0.2) is 42.1 Å². The minimum absolute atomic E-state index is 0.375. The van der Waals surface area contributed by atoms with E-state index in [2.05, 4.69) is 41.9 Å². The largest absolute Gasteiger partial charge is 0.324 e. The Morgan fingerprint density at radius 1 is 1.21 bits per heavy atom. The lowest BCUT2D eigenvalue weighted by Crippen LogP contribution is -2.62. The van der Waals surface area contributed by atoms with Crippen LogP contribution in [0, 0.1) is 0 Å². The van der Waals surface area contributed by atoms with Crippen LogP contribution >= 0.6 is 11.3 Å². The minimum atomic E-state index is -3.69. The molecule has 5 nitrogen and oxygen atoms in total. The Morgan fingerprint density at radius 2 is 1.90 bits per heavy atom. The molecule has 1 N–H and O–H groups in total. The van der Waals surface area contributed by atoms with Gasteiger partial charge in [-0.1, -0.05) is 31.5 Å². The number of carbonyl (C=O) groups is 1. The molecule has 1 atom stereocenters. The molecule has 2 aromatic rings. The van der Waals surface area contributed by atoms with Gasteiger partial charge in [-0.25, -0.2) is 8.42 Å².